The highest BCUT2D eigenvalue weighted by Gasteiger charge is 2.25. The molecule has 2 saturated heterocycles. The molecule has 0 radical (unpaired) electrons. The number of H-pyrrole nitrogens is 1. The summed E-state index contributed by atoms with van der Waals surface area (Å²) in [7, 11) is 0. The highest BCUT2D eigenvalue weighted by Crippen LogP contribution is 2.25. The van der Waals surface area contributed by atoms with Gasteiger partial charge in [0.1, 0.15) is 12.0 Å². The van der Waals surface area contributed by atoms with Crippen molar-refractivity contribution in [3.05, 3.63) is 17.8 Å². The average molecular weight is 330 g/mol. The van der Waals surface area contributed by atoms with Crippen molar-refractivity contribution >= 4 is 22.8 Å². The molecule has 8 heteroatoms. The molecule has 0 bridgehead atoms. The predicted molar refractivity (Wildman–Crippen MR) is 89.8 cm³/mol. The van der Waals surface area contributed by atoms with Gasteiger partial charge in [0.25, 0.3) is 5.91 Å². The fourth-order valence-electron chi connectivity index (χ4n) is 3.46. The second kappa shape index (κ2) is 6.37. The summed E-state index contributed by atoms with van der Waals surface area (Å²) in [6.07, 6.45) is 3.09. The number of hydrogen-bond acceptors (Lipinski definition) is 6. The summed E-state index contributed by atoms with van der Waals surface area (Å²) in [4.78, 5) is 18.9. The van der Waals surface area contributed by atoms with Crippen molar-refractivity contribution < 1.29 is 9.90 Å². The molecule has 0 spiro atoms. The first-order valence-electron chi connectivity index (χ1n) is 8.54. The number of piperidine rings is 1. The van der Waals surface area contributed by atoms with E-state index < -0.39 is 6.23 Å². The number of nitrogens with zero attached hydrogens (tertiary/aromatic N) is 3. The van der Waals surface area contributed by atoms with Crippen LogP contribution in [0.25, 0.3) is 11.0 Å². The Balaban J connectivity index is 1.55. The number of rotatable bonds is 3. The van der Waals surface area contributed by atoms with E-state index in [1.54, 1.807) is 0 Å². The maximum atomic E-state index is 12.5. The monoisotopic (exact) mass is 330 g/mol. The lowest BCUT2D eigenvalue weighted by atomic mass is 10.1. The minimum Gasteiger partial charge on any atom is -0.374 e. The highest BCUT2D eigenvalue weighted by molar-refractivity contribution is 6.04. The lowest BCUT2D eigenvalue weighted by molar-refractivity contribution is 0.0926. The van der Waals surface area contributed by atoms with Crippen LogP contribution in [0.4, 0.5) is 5.82 Å². The van der Waals surface area contributed by atoms with E-state index in [1.165, 1.54) is 0 Å². The van der Waals surface area contributed by atoms with Crippen LogP contribution in [0.2, 0.25) is 0 Å². The van der Waals surface area contributed by atoms with Crippen LogP contribution in [0.15, 0.2) is 12.1 Å². The topological polar surface area (TPSA) is 106 Å². The normalized spacial score (nSPS) is 22.2. The zero-order valence-corrected chi connectivity index (χ0v) is 13.5. The molecule has 1 amide bonds. The van der Waals surface area contributed by atoms with E-state index in [0.717, 1.165) is 45.3 Å². The van der Waals surface area contributed by atoms with Crippen molar-refractivity contribution in [2.24, 2.45) is 0 Å². The summed E-state index contributed by atoms with van der Waals surface area (Å²) >= 11 is 0. The van der Waals surface area contributed by atoms with Gasteiger partial charge in [-0.15, -0.1) is 0 Å². The van der Waals surface area contributed by atoms with Crippen LogP contribution in [-0.4, -0.2) is 58.1 Å². The molecule has 24 heavy (non-hydrogen) atoms. The Labute approximate surface area is 139 Å². The van der Waals surface area contributed by atoms with Crippen LogP contribution in [0.3, 0.4) is 0 Å². The molecule has 4 heterocycles. The fraction of sp³-hybridized carbons (Fsp3) is 0.562. The maximum absolute atomic E-state index is 12.5. The molecule has 4 rings (SSSR count). The van der Waals surface area contributed by atoms with Gasteiger partial charge in [-0.05, 0) is 50.9 Å². The van der Waals surface area contributed by atoms with Crippen LogP contribution in [-0.2, 0) is 0 Å². The molecule has 2 fully saturated rings. The van der Waals surface area contributed by atoms with Crippen molar-refractivity contribution in [3.63, 3.8) is 0 Å². The third-order valence-corrected chi connectivity index (χ3v) is 4.81. The molecule has 2 aliphatic heterocycles. The van der Waals surface area contributed by atoms with Gasteiger partial charge in [0, 0.05) is 12.6 Å². The van der Waals surface area contributed by atoms with Gasteiger partial charge >= 0.3 is 0 Å². The molecule has 2 aromatic rings. The number of hydrogen-bond donors (Lipinski definition) is 4. The summed E-state index contributed by atoms with van der Waals surface area (Å²) < 4.78 is 0. The summed E-state index contributed by atoms with van der Waals surface area (Å²) in [5.41, 5.74) is 0.951. The Morgan fingerprint density at radius 2 is 2.12 bits per heavy atom. The molecule has 0 aliphatic carbocycles. The van der Waals surface area contributed by atoms with Crippen LogP contribution >= 0.6 is 0 Å². The van der Waals surface area contributed by atoms with E-state index >= 15 is 0 Å². The minimum atomic E-state index is -0.486. The van der Waals surface area contributed by atoms with Gasteiger partial charge in [0.15, 0.2) is 11.3 Å². The van der Waals surface area contributed by atoms with E-state index in [-0.39, 0.29) is 11.9 Å². The van der Waals surface area contributed by atoms with Gasteiger partial charge in [-0.1, -0.05) is 0 Å². The number of amides is 1. The van der Waals surface area contributed by atoms with Crippen LogP contribution in [0.5, 0.6) is 0 Å². The molecule has 128 valence electrons. The standard InChI is InChI=1S/C16H22N6O2/c23-13-2-1-9-22(13)12-4-3-11-14(20-21-15(11)19-12)16(24)18-10-5-7-17-8-6-10/h3-4,10,13,17,23H,1-2,5-9H2,(H,18,24)(H,19,20,21)/t13-/m0/s1. The third kappa shape index (κ3) is 2.83. The van der Waals surface area contributed by atoms with Gasteiger partial charge < -0.3 is 20.6 Å². The van der Waals surface area contributed by atoms with E-state index in [0.29, 0.717) is 22.5 Å². The zero-order chi connectivity index (χ0) is 16.5. The number of aromatic amines is 1. The Morgan fingerprint density at radius 1 is 1.29 bits per heavy atom. The summed E-state index contributed by atoms with van der Waals surface area (Å²) in [6.45, 7) is 2.64. The zero-order valence-electron chi connectivity index (χ0n) is 13.5. The lowest BCUT2D eigenvalue weighted by Crippen LogP contribution is -2.42. The largest absolute Gasteiger partial charge is 0.374 e. The maximum Gasteiger partial charge on any atom is 0.272 e. The number of aliphatic hydroxyl groups excluding tert-OH is 1. The number of nitrogens with one attached hydrogen (secondary N) is 3. The van der Waals surface area contributed by atoms with Crippen LogP contribution < -0.4 is 15.5 Å². The van der Waals surface area contributed by atoms with Gasteiger partial charge in [-0.25, -0.2) is 4.98 Å². The summed E-state index contributed by atoms with van der Waals surface area (Å²) in [5, 5.41) is 24.0. The second-order valence-electron chi connectivity index (χ2n) is 6.45. The molecular weight excluding hydrogens is 308 g/mol. The number of pyridine rings is 1. The smallest absolute Gasteiger partial charge is 0.272 e. The molecule has 0 unspecified atom stereocenters. The number of aromatic nitrogens is 3. The number of fused-ring (bicyclic) bond motifs is 1. The third-order valence-electron chi connectivity index (χ3n) is 4.81. The van der Waals surface area contributed by atoms with Crippen molar-refractivity contribution in [1.82, 2.24) is 25.8 Å². The minimum absolute atomic E-state index is 0.163. The van der Waals surface area contributed by atoms with Gasteiger partial charge in [-0.2, -0.15) is 5.10 Å². The Morgan fingerprint density at radius 3 is 2.88 bits per heavy atom. The molecule has 4 N–H and O–H groups in total. The first-order chi connectivity index (χ1) is 11.7. The number of carbonyl (C=O) groups excluding carboxylic acids is 1. The number of aliphatic hydroxyl groups is 1. The first kappa shape index (κ1) is 15.3. The average Bonchev–Trinajstić information content (AvgIpc) is 3.21. The first-order valence-corrected chi connectivity index (χ1v) is 8.54. The Hall–Kier alpha value is -2.19. The molecule has 1 atom stereocenters. The lowest BCUT2D eigenvalue weighted by Gasteiger charge is -2.23. The van der Waals surface area contributed by atoms with Crippen molar-refractivity contribution in [2.75, 3.05) is 24.5 Å². The summed E-state index contributed by atoms with van der Waals surface area (Å²) in [5.74, 6) is 0.547. The van der Waals surface area contributed by atoms with Gasteiger partial charge in [0.05, 0.1) is 5.39 Å². The molecule has 2 aromatic heterocycles. The van der Waals surface area contributed by atoms with E-state index in [9.17, 15) is 9.90 Å². The number of carbonyl (C=O) groups is 1. The molecular formula is C16H22N6O2. The Kier molecular flexibility index (Phi) is 4.07. The molecule has 0 saturated carbocycles. The van der Waals surface area contributed by atoms with E-state index in [1.807, 2.05) is 17.0 Å². The SMILES string of the molecule is O=C(NC1CCNCC1)c1n[nH]c2nc(N3CCC[C@@H]3O)ccc12. The van der Waals surface area contributed by atoms with Crippen molar-refractivity contribution in [3.8, 4) is 0 Å². The molecule has 0 aromatic carbocycles. The van der Waals surface area contributed by atoms with Crippen LogP contribution in [0.1, 0.15) is 36.2 Å². The Bertz CT molecular complexity index is 739. The fourth-order valence-corrected chi connectivity index (χ4v) is 3.46. The summed E-state index contributed by atoms with van der Waals surface area (Å²) in [6, 6.07) is 3.88. The predicted octanol–water partition coefficient (Wildman–Crippen LogP) is 0.358. The van der Waals surface area contributed by atoms with Crippen molar-refractivity contribution in [1.29, 1.82) is 0 Å². The number of anilines is 1. The van der Waals surface area contributed by atoms with Crippen molar-refractivity contribution in [2.45, 2.75) is 38.0 Å². The highest BCUT2D eigenvalue weighted by atomic mass is 16.3. The van der Waals surface area contributed by atoms with Crippen LogP contribution in [0, 0.1) is 0 Å². The molecule has 8 nitrogen and oxygen atoms in total. The van der Waals surface area contributed by atoms with E-state index in [2.05, 4.69) is 25.8 Å². The molecule has 2 aliphatic rings. The van der Waals surface area contributed by atoms with Gasteiger partial charge in [-0.3, -0.25) is 9.89 Å². The quantitative estimate of drug-likeness (QED) is 0.647. The van der Waals surface area contributed by atoms with E-state index in [4.69, 9.17) is 0 Å². The second-order valence-corrected chi connectivity index (χ2v) is 6.45. The van der Waals surface area contributed by atoms with Gasteiger partial charge in [0.2, 0.25) is 0 Å².